The SMILES string of the molecule is O=C(NCCS(=O)(=O)c1ccc(F)cc1)c1ccccc1N1CCOCC1. The number of morpholine rings is 1. The van der Waals surface area contributed by atoms with Crippen molar-refractivity contribution in [3.05, 3.63) is 59.9 Å². The van der Waals surface area contributed by atoms with E-state index >= 15 is 0 Å². The topological polar surface area (TPSA) is 75.7 Å². The molecule has 0 atom stereocenters. The standard InChI is InChI=1S/C19H21FN2O4S/c20-15-5-7-16(8-6-15)27(24,25)14-9-21-19(23)17-3-1-2-4-18(17)22-10-12-26-13-11-22/h1-8H,9-14H2,(H,21,23). The maximum atomic E-state index is 12.9. The maximum absolute atomic E-state index is 12.9. The number of anilines is 1. The predicted molar refractivity (Wildman–Crippen MR) is 100 cm³/mol. The third-order valence-corrected chi connectivity index (χ3v) is 6.06. The van der Waals surface area contributed by atoms with Gasteiger partial charge in [0, 0.05) is 25.3 Å². The maximum Gasteiger partial charge on any atom is 0.253 e. The summed E-state index contributed by atoms with van der Waals surface area (Å²) in [5.74, 6) is -1.09. The van der Waals surface area contributed by atoms with Crippen molar-refractivity contribution in [2.45, 2.75) is 4.90 Å². The lowest BCUT2D eigenvalue weighted by Crippen LogP contribution is -2.38. The molecule has 1 aliphatic heterocycles. The summed E-state index contributed by atoms with van der Waals surface area (Å²) < 4.78 is 42.8. The van der Waals surface area contributed by atoms with E-state index in [0.717, 1.165) is 17.8 Å². The van der Waals surface area contributed by atoms with Crippen LogP contribution in [0.15, 0.2) is 53.4 Å². The van der Waals surface area contributed by atoms with Crippen LogP contribution in [0.5, 0.6) is 0 Å². The van der Waals surface area contributed by atoms with Gasteiger partial charge in [0.05, 0.1) is 29.4 Å². The van der Waals surface area contributed by atoms with Gasteiger partial charge in [-0.05, 0) is 36.4 Å². The van der Waals surface area contributed by atoms with E-state index in [0.29, 0.717) is 31.9 Å². The summed E-state index contributed by atoms with van der Waals surface area (Å²) in [6, 6.07) is 11.9. The molecule has 2 aromatic rings. The Bertz CT molecular complexity index is 894. The number of sulfone groups is 1. The van der Waals surface area contributed by atoms with Crippen LogP contribution in [-0.4, -0.2) is 52.9 Å². The van der Waals surface area contributed by atoms with Gasteiger partial charge in [-0.2, -0.15) is 0 Å². The highest BCUT2D eigenvalue weighted by Gasteiger charge is 2.19. The first-order valence-corrected chi connectivity index (χ1v) is 10.3. The molecule has 0 aromatic heterocycles. The van der Waals surface area contributed by atoms with Gasteiger partial charge in [0.15, 0.2) is 9.84 Å². The van der Waals surface area contributed by atoms with Crippen molar-refractivity contribution >= 4 is 21.4 Å². The number of carbonyl (C=O) groups excluding carboxylic acids is 1. The Morgan fingerprint density at radius 1 is 1.07 bits per heavy atom. The minimum Gasteiger partial charge on any atom is -0.378 e. The number of rotatable bonds is 6. The first-order chi connectivity index (χ1) is 13.0. The molecule has 1 amide bonds. The van der Waals surface area contributed by atoms with Gasteiger partial charge in [-0.25, -0.2) is 12.8 Å². The fourth-order valence-corrected chi connectivity index (χ4v) is 4.06. The third-order valence-electron chi connectivity index (χ3n) is 4.33. The summed E-state index contributed by atoms with van der Waals surface area (Å²) >= 11 is 0. The molecule has 8 heteroatoms. The van der Waals surface area contributed by atoms with Crippen LogP contribution >= 0.6 is 0 Å². The lowest BCUT2D eigenvalue weighted by atomic mass is 10.1. The van der Waals surface area contributed by atoms with E-state index in [-0.39, 0.29) is 23.1 Å². The fourth-order valence-electron chi connectivity index (χ4n) is 2.90. The van der Waals surface area contributed by atoms with Crippen molar-refractivity contribution in [2.24, 2.45) is 0 Å². The highest BCUT2D eigenvalue weighted by atomic mass is 32.2. The van der Waals surface area contributed by atoms with E-state index in [9.17, 15) is 17.6 Å². The zero-order valence-electron chi connectivity index (χ0n) is 14.7. The fraction of sp³-hybridized carbons (Fsp3) is 0.316. The number of nitrogens with zero attached hydrogens (tertiary/aromatic N) is 1. The molecule has 144 valence electrons. The monoisotopic (exact) mass is 392 g/mol. The van der Waals surface area contributed by atoms with E-state index < -0.39 is 15.7 Å². The van der Waals surface area contributed by atoms with Crippen LogP contribution < -0.4 is 10.2 Å². The molecule has 1 aliphatic rings. The number of benzene rings is 2. The Kier molecular flexibility index (Phi) is 6.08. The highest BCUT2D eigenvalue weighted by Crippen LogP contribution is 2.21. The zero-order valence-corrected chi connectivity index (χ0v) is 15.5. The molecular formula is C19H21FN2O4S. The summed E-state index contributed by atoms with van der Waals surface area (Å²) in [6.45, 7) is 2.57. The minimum atomic E-state index is -3.59. The molecular weight excluding hydrogens is 371 g/mol. The highest BCUT2D eigenvalue weighted by molar-refractivity contribution is 7.91. The summed E-state index contributed by atoms with van der Waals surface area (Å²) in [5, 5.41) is 2.67. The molecule has 0 bridgehead atoms. The number of hydrogen-bond donors (Lipinski definition) is 1. The number of amides is 1. The second kappa shape index (κ2) is 8.49. The van der Waals surface area contributed by atoms with E-state index in [2.05, 4.69) is 10.2 Å². The average molecular weight is 392 g/mol. The molecule has 0 unspecified atom stereocenters. The van der Waals surface area contributed by atoms with Crippen LogP contribution in [0.3, 0.4) is 0 Å². The molecule has 1 saturated heterocycles. The van der Waals surface area contributed by atoms with E-state index in [1.54, 1.807) is 12.1 Å². The van der Waals surface area contributed by atoms with Crippen molar-refractivity contribution in [1.82, 2.24) is 5.32 Å². The van der Waals surface area contributed by atoms with Gasteiger partial charge in [-0.3, -0.25) is 4.79 Å². The Hall–Kier alpha value is -2.45. The Balaban J connectivity index is 1.63. The summed E-state index contributed by atoms with van der Waals surface area (Å²) in [4.78, 5) is 14.7. The third kappa shape index (κ3) is 4.84. The predicted octanol–water partition coefficient (Wildman–Crippen LogP) is 1.87. The lowest BCUT2D eigenvalue weighted by Gasteiger charge is -2.30. The van der Waals surface area contributed by atoms with Gasteiger partial charge in [-0.15, -0.1) is 0 Å². The quantitative estimate of drug-likeness (QED) is 0.760. The Morgan fingerprint density at radius 3 is 2.44 bits per heavy atom. The zero-order chi connectivity index (χ0) is 19.3. The summed E-state index contributed by atoms with van der Waals surface area (Å²) in [5.41, 5.74) is 1.30. The molecule has 0 spiro atoms. The van der Waals surface area contributed by atoms with Crippen molar-refractivity contribution in [2.75, 3.05) is 43.5 Å². The first-order valence-electron chi connectivity index (χ1n) is 8.65. The molecule has 27 heavy (non-hydrogen) atoms. The van der Waals surface area contributed by atoms with E-state index in [1.165, 1.54) is 12.1 Å². The van der Waals surface area contributed by atoms with Crippen LogP contribution in [0.4, 0.5) is 10.1 Å². The second-order valence-electron chi connectivity index (χ2n) is 6.15. The molecule has 3 rings (SSSR count). The number of carbonyl (C=O) groups is 1. The molecule has 0 saturated carbocycles. The van der Waals surface area contributed by atoms with Crippen molar-refractivity contribution in [3.63, 3.8) is 0 Å². The second-order valence-corrected chi connectivity index (χ2v) is 8.25. The van der Waals surface area contributed by atoms with E-state index in [1.807, 2.05) is 12.1 Å². The smallest absolute Gasteiger partial charge is 0.253 e. The number of hydrogen-bond acceptors (Lipinski definition) is 5. The Labute approximate surface area is 157 Å². The number of nitrogens with one attached hydrogen (secondary N) is 1. The summed E-state index contributed by atoms with van der Waals surface area (Å²) in [7, 11) is -3.59. The van der Waals surface area contributed by atoms with Crippen LogP contribution in [0.2, 0.25) is 0 Å². The minimum absolute atomic E-state index is 0.0318. The van der Waals surface area contributed by atoms with Gasteiger partial charge in [-0.1, -0.05) is 12.1 Å². The van der Waals surface area contributed by atoms with E-state index in [4.69, 9.17) is 4.74 Å². The van der Waals surface area contributed by atoms with Gasteiger partial charge >= 0.3 is 0 Å². The van der Waals surface area contributed by atoms with Crippen LogP contribution in [0.25, 0.3) is 0 Å². The first kappa shape index (κ1) is 19.3. The molecule has 0 radical (unpaired) electrons. The Morgan fingerprint density at radius 2 is 1.74 bits per heavy atom. The molecule has 1 fully saturated rings. The number of para-hydroxylation sites is 1. The average Bonchev–Trinajstić information content (AvgIpc) is 2.69. The number of halogens is 1. The lowest BCUT2D eigenvalue weighted by molar-refractivity contribution is 0.0954. The molecule has 1 heterocycles. The normalized spacial score (nSPS) is 14.8. The van der Waals surface area contributed by atoms with Gasteiger partial charge in [0.1, 0.15) is 5.82 Å². The van der Waals surface area contributed by atoms with Crippen LogP contribution in [-0.2, 0) is 14.6 Å². The van der Waals surface area contributed by atoms with Crippen molar-refractivity contribution in [3.8, 4) is 0 Å². The molecule has 0 aliphatic carbocycles. The molecule has 6 nitrogen and oxygen atoms in total. The number of ether oxygens (including phenoxy) is 1. The molecule has 1 N–H and O–H groups in total. The van der Waals surface area contributed by atoms with Gasteiger partial charge in [0.2, 0.25) is 0 Å². The van der Waals surface area contributed by atoms with Gasteiger partial charge in [0.25, 0.3) is 5.91 Å². The van der Waals surface area contributed by atoms with Crippen molar-refractivity contribution in [1.29, 1.82) is 0 Å². The largest absolute Gasteiger partial charge is 0.378 e. The van der Waals surface area contributed by atoms with Crippen molar-refractivity contribution < 1.29 is 22.3 Å². The van der Waals surface area contributed by atoms with Crippen LogP contribution in [0, 0.1) is 5.82 Å². The summed E-state index contributed by atoms with van der Waals surface area (Å²) in [6.07, 6.45) is 0. The van der Waals surface area contributed by atoms with Crippen LogP contribution in [0.1, 0.15) is 10.4 Å². The molecule has 2 aromatic carbocycles. The van der Waals surface area contributed by atoms with Gasteiger partial charge < -0.3 is 15.0 Å².